The highest BCUT2D eigenvalue weighted by atomic mass is 79.9. The van der Waals surface area contributed by atoms with Crippen molar-refractivity contribution in [1.82, 2.24) is 10.6 Å². The van der Waals surface area contributed by atoms with Crippen LogP contribution in [0.1, 0.15) is 45.1 Å². The number of hydrogen-bond acceptors (Lipinski definition) is 2. The highest BCUT2D eigenvalue weighted by Gasteiger charge is 2.42. The molecule has 1 saturated carbocycles. The number of nitrogens with one attached hydrogen (secondary N) is 2. The molecule has 126 valence electrons. The summed E-state index contributed by atoms with van der Waals surface area (Å²) in [7, 11) is 0. The second-order valence-electron chi connectivity index (χ2n) is 6.50. The van der Waals surface area contributed by atoms with Gasteiger partial charge in [0.1, 0.15) is 0 Å². The van der Waals surface area contributed by atoms with E-state index in [0.29, 0.717) is 13.1 Å². The van der Waals surface area contributed by atoms with Gasteiger partial charge in [-0.05, 0) is 30.5 Å². The van der Waals surface area contributed by atoms with E-state index in [1.807, 2.05) is 38.1 Å². The molecule has 0 radical (unpaired) electrons. The van der Waals surface area contributed by atoms with Gasteiger partial charge in [-0.3, -0.25) is 9.59 Å². The molecule has 1 aliphatic carbocycles. The average molecular weight is 381 g/mol. The van der Waals surface area contributed by atoms with Gasteiger partial charge in [-0.2, -0.15) is 0 Å². The van der Waals surface area contributed by atoms with E-state index in [1.54, 1.807) is 0 Å². The monoisotopic (exact) mass is 380 g/mol. The fourth-order valence-electron chi connectivity index (χ4n) is 3.13. The van der Waals surface area contributed by atoms with Gasteiger partial charge in [0.05, 0.1) is 5.41 Å². The molecule has 4 nitrogen and oxygen atoms in total. The predicted molar refractivity (Wildman–Crippen MR) is 95.1 cm³/mol. The van der Waals surface area contributed by atoms with Gasteiger partial charge in [0.2, 0.25) is 11.8 Å². The van der Waals surface area contributed by atoms with Crippen LogP contribution >= 0.6 is 15.9 Å². The van der Waals surface area contributed by atoms with Gasteiger partial charge in [0, 0.05) is 23.5 Å². The van der Waals surface area contributed by atoms with Crippen LogP contribution in [-0.2, 0) is 15.0 Å². The molecule has 0 aromatic heterocycles. The van der Waals surface area contributed by atoms with Gasteiger partial charge in [0.15, 0.2) is 0 Å². The lowest BCUT2D eigenvalue weighted by Gasteiger charge is -2.28. The number of carbonyl (C=O) groups excluding carboxylic acids is 2. The maximum absolute atomic E-state index is 12.8. The van der Waals surface area contributed by atoms with Crippen LogP contribution in [-0.4, -0.2) is 24.9 Å². The molecule has 0 aliphatic heterocycles. The first-order chi connectivity index (χ1) is 11.0. The zero-order chi connectivity index (χ0) is 16.9. The molecule has 23 heavy (non-hydrogen) atoms. The smallest absolute Gasteiger partial charge is 0.230 e. The highest BCUT2D eigenvalue weighted by Crippen LogP contribution is 2.41. The second kappa shape index (κ2) is 7.95. The van der Waals surface area contributed by atoms with Gasteiger partial charge >= 0.3 is 0 Å². The van der Waals surface area contributed by atoms with E-state index in [-0.39, 0.29) is 17.7 Å². The standard InChI is InChI=1S/C18H25BrN2O2/c1-13(2)16(22)20-11-12-21-17(23)18(9-3-4-10-18)14-5-7-15(19)8-6-14/h5-8,13H,3-4,9-12H2,1-2H3,(H,20,22)(H,21,23). The van der Waals surface area contributed by atoms with Gasteiger partial charge in [-0.25, -0.2) is 0 Å². The minimum absolute atomic E-state index is 0.0164. The number of amides is 2. The van der Waals surface area contributed by atoms with Crippen LogP contribution in [0.2, 0.25) is 0 Å². The number of benzene rings is 1. The number of rotatable bonds is 6. The van der Waals surface area contributed by atoms with E-state index in [0.717, 1.165) is 35.7 Å². The van der Waals surface area contributed by atoms with Crippen molar-refractivity contribution in [3.63, 3.8) is 0 Å². The van der Waals surface area contributed by atoms with Crippen LogP contribution in [0.15, 0.2) is 28.7 Å². The second-order valence-corrected chi connectivity index (χ2v) is 7.41. The summed E-state index contributed by atoms with van der Waals surface area (Å²) in [4.78, 5) is 24.3. The molecule has 2 amide bonds. The average Bonchev–Trinajstić information content (AvgIpc) is 3.02. The quantitative estimate of drug-likeness (QED) is 0.744. The predicted octanol–water partition coefficient (Wildman–Crippen LogP) is 3.15. The SMILES string of the molecule is CC(C)C(=O)NCCNC(=O)C1(c2ccc(Br)cc2)CCCC1. The summed E-state index contributed by atoms with van der Waals surface area (Å²) in [5.41, 5.74) is 0.671. The van der Waals surface area contributed by atoms with Gasteiger partial charge < -0.3 is 10.6 Å². The Morgan fingerprint density at radius 3 is 2.22 bits per heavy atom. The van der Waals surface area contributed by atoms with Crippen molar-refractivity contribution in [2.75, 3.05) is 13.1 Å². The van der Waals surface area contributed by atoms with Crippen LogP contribution in [0.25, 0.3) is 0 Å². The molecule has 0 atom stereocenters. The summed E-state index contributed by atoms with van der Waals surface area (Å²) in [6.45, 7) is 4.65. The van der Waals surface area contributed by atoms with Crippen LogP contribution in [0.3, 0.4) is 0 Å². The van der Waals surface area contributed by atoms with Crippen molar-refractivity contribution in [2.24, 2.45) is 5.92 Å². The fraction of sp³-hybridized carbons (Fsp3) is 0.556. The van der Waals surface area contributed by atoms with Crippen molar-refractivity contribution in [3.8, 4) is 0 Å². The summed E-state index contributed by atoms with van der Waals surface area (Å²) >= 11 is 3.44. The third-order valence-corrected chi connectivity index (χ3v) is 5.05. The molecule has 0 unspecified atom stereocenters. The number of halogens is 1. The first-order valence-corrected chi connectivity index (χ1v) is 9.07. The molecule has 1 aromatic carbocycles. The maximum Gasteiger partial charge on any atom is 0.230 e. The summed E-state index contributed by atoms with van der Waals surface area (Å²) in [6, 6.07) is 8.06. The van der Waals surface area contributed by atoms with Crippen LogP contribution in [0.4, 0.5) is 0 Å². The Morgan fingerprint density at radius 1 is 1.09 bits per heavy atom. The lowest BCUT2D eigenvalue weighted by Crippen LogP contribution is -2.45. The Kier molecular flexibility index (Phi) is 6.22. The zero-order valence-electron chi connectivity index (χ0n) is 13.8. The van der Waals surface area contributed by atoms with E-state index in [1.165, 1.54) is 0 Å². The van der Waals surface area contributed by atoms with Crippen molar-refractivity contribution in [2.45, 2.75) is 44.9 Å². The normalized spacial score (nSPS) is 16.3. The molecule has 5 heteroatoms. The van der Waals surface area contributed by atoms with E-state index < -0.39 is 5.41 Å². The Morgan fingerprint density at radius 2 is 1.65 bits per heavy atom. The minimum atomic E-state index is -0.414. The van der Waals surface area contributed by atoms with Crippen LogP contribution in [0.5, 0.6) is 0 Å². The molecular weight excluding hydrogens is 356 g/mol. The molecule has 0 bridgehead atoms. The summed E-state index contributed by atoms with van der Waals surface area (Å²) in [5.74, 6) is 0.0634. The van der Waals surface area contributed by atoms with Gasteiger partial charge in [-0.1, -0.05) is 54.8 Å². The van der Waals surface area contributed by atoms with E-state index in [2.05, 4.69) is 26.6 Å². The first kappa shape index (κ1) is 18.0. The minimum Gasteiger partial charge on any atom is -0.354 e. The lowest BCUT2D eigenvalue weighted by atomic mass is 9.78. The van der Waals surface area contributed by atoms with Crippen LogP contribution < -0.4 is 10.6 Å². The molecule has 1 fully saturated rings. The Hall–Kier alpha value is -1.36. The van der Waals surface area contributed by atoms with Crippen molar-refractivity contribution in [3.05, 3.63) is 34.3 Å². The number of carbonyl (C=O) groups is 2. The van der Waals surface area contributed by atoms with E-state index in [9.17, 15) is 9.59 Å². The zero-order valence-corrected chi connectivity index (χ0v) is 15.4. The van der Waals surface area contributed by atoms with Crippen molar-refractivity contribution >= 4 is 27.7 Å². The molecule has 1 aliphatic rings. The molecule has 2 N–H and O–H groups in total. The van der Waals surface area contributed by atoms with Gasteiger partial charge in [-0.15, -0.1) is 0 Å². The summed E-state index contributed by atoms with van der Waals surface area (Å²) < 4.78 is 1.02. The lowest BCUT2D eigenvalue weighted by molar-refractivity contribution is -0.127. The maximum atomic E-state index is 12.8. The fourth-order valence-corrected chi connectivity index (χ4v) is 3.39. The first-order valence-electron chi connectivity index (χ1n) is 8.28. The Bertz CT molecular complexity index is 549. The highest BCUT2D eigenvalue weighted by molar-refractivity contribution is 9.10. The largest absolute Gasteiger partial charge is 0.354 e. The topological polar surface area (TPSA) is 58.2 Å². The molecule has 0 spiro atoms. The van der Waals surface area contributed by atoms with Crippen LogP contribution in [0, 0.1) is 5.92 Å². The van der Waals surface area contributed by atoms with E-state index in [4.69, 9.17) is 0 Å². The number of hydrogen-bond donors (Lipinski definition) is 2. The third-order valence-electron chi connectivity index (χ3n) is 4.52. The summed E-state index contributed by atoms with van der Waals surface area (Å²) in [5, 5.41) is 5.84. The third kappa shape index (κ3) is 4.34. The molecule has 0 saturated heterocycles. The molecule has 1 aromatic rings. The molecule has 0 heterocycles. The van der Waals surface area contributed by atoms with Crippen molar-refractivity contribution < 1.29 is 9.59 Å². The Balaban J connectivity index is 1.97. The molecular formula is C18H25BrN2O2. The van der Waals surface area contributed by atoms with Gasteiger partial charge in [0.25, 0.3) is 0 Å². The Labute approximate surface area is 146 Å². The molecule has 2 rings (SSSR count). The summed E-state index contributed by atoms with van der Waals surface area (Å²) in [6.07, 6.45) is 3.93. The van der Waals surface area contributed by atoms with Crippen molar-refractivity contribution in [1.29, 1.82) is 0 Å². The van der Waals surface area contributed by atoms with E-state index >= 15 is 0 Å².